The van der Waals surface area contributed by atoms with Crippen LogP contribution in [0.15, 0.2) is 12.2 Å². The van der Waals surface area contributed by atoms with E-state index in [9.17, 15) is 14.4 Å². The van der Waals surface area contributed by atoms with Crippen LogP contribution in [0.4, 0.5) is 4.79 Å². The van der Waals surface area contributed by atoms with Gasteiger partial charge in [-0.1, -0.05) is 12.2 Å². The molecule has 0 spiro atoms. The van der Waals surface area contributed by atoms with E-state index >= 15 is 0 Å². The summed E-state index contributed by atoms with van der Waals surface area (Å²) in [5, 5.41) is 7.81. The van der Waals surface area contributed by atoms with E-state index in [0.717, 1.165) is 18.4 Å². The van der Waals surface area contributed by atoms with Crippen molar-refractivity contribution in [1.29, 1.82) is 0 Å². The largest absolute Gasteiger partial charge is 0.350 e. The molecule has 1 unspecified atom stereocenters. The molecule has 1 saturated carbocycles. The monoisotopic (exact) mass is 279 g/mol. The zero-order chi connectivity index (χ0) is 14.9. The Balaban J connectivity index is 1.94. The van der Waals surface area contributed by atoms with Gasteiger partial charge in [0.15, 0.2) is 0 Å². The summed E-state index contributed by atoms with van der Waals surface area (Å²) in [6, 6.07) is -0.552. The average Bonchev–Trinajstić information content (AvgIpc) is 3.14. The smallest absolute Gasteiger partial charge is 0.322 e. The number of urea groups is 1. The van der Waals surface area contributed by atoms with Gasteiger partial charge in [0.1, 0.15) is 5.54 Å². The molecule has 2 rings (SSSR count). The summed E-state index contributed by atoms with van der Waals surface area (Å²) < 4.78 is 0. The molecule has 2 aliphatic rings. The maximum Gasteiger partial charge on any atom is 0.322 e. The molecule has 6 nitrogen and oxygen atoms in total. The van der Waals surface area contributed by atoms with Gasteiger partial charge in [0, 0.05) is 12.5 Å². The minimum atomic E-state index is -0.888. The van der Waals surface area contributed by atoms with Crippen molar-refractivity contribution in [2.45, 2.75) is 51.1 Å². The van der Waals surface area contributed by atoms with Crippen molar-refractivity contribution in [3.8, 4) is 0 Å². The zero-order valence-corrected chi connectivity index (χ0v) is 11.9. The molecule has 0 aromatic rings. The van der Waals surface area contributed by atoms with Crippen LogP contribution in [0.1, 0.15) is 39.5 Å². The summed E-state index contributed by atoms with van der Waals surface area (Å²) >= 11 is 0. The highest BCUT2D eigenvalue weighted by molar-refractivity contribution is 6.07. The molecule has 2 atom stereocenters. The van der Waals surface area contributed by atoms with Gasteiger partial charge in [0.2, 0.25) is 5.91 Å². The summed E-state index contributed by atoms with van der Waals surface area (Å²) in [6.07, 6.45) is 2.38. The van der Waals surface area contributed by atoms with Crippen molar-refractivity contribution in [3.05, 3.63) is 12.2 Å². The second kappa shape index (κ2) is 5.26. The van der Waals surface area contributed by atoms with Crippen molar-refractivity contribution < 1.29 is 14.4 Å². The Morgan fingerprint density at radius 1 is 1.50 bits per heavy atom. The zero-order valence-electron chi connectivity index (χ0n) is 11.9. The van der Waals surface area contributed by atoms with Gasteiger partial charge in [0.25, 0.3) is 5.91 Å². The maximum absolute atomic E-state index is 12.0. The standard InChI is InChI=1S/C14H21N3O3/c1-8(2)9(3)15-11(18)6-7-14(10-4-5-10)12(19)16-13(20)17-14/h9-10H,1,4-7H2,2-3H3,(H,15,18)(H2,16,17,19,20)/t9?,14-/m0/s1. The van der Waals surface area contributed by atoms with E-state index in [2.05, 4.69) is 22.5 Å². The molecule has 3 N–H and O–H groups in total. The summed E-state index contributed by atoms with van der Waals surface area (Å²) in [7, 11) is 0. The normalized spacial score (nSPS) is 26.7. The molecule has 0 aromatic heterocycles. The van der Waals surface area contributed by atoms with Crippen LogP contribution in [0.25, 0.3) is 0 Å². The van der Waals surface area contributed by atoms with Crippen LogP contribution in [-0.2, 0) is 9.59 Å². The van der Waals surface area contributed by atoms with Gasteiger partial charge < -0.3 is 10.6 Å². The lowest BCUT2D eigenvalue weighted by Crippen LogP contribution is -2.50. The number of imide groups is 1. The van der Waals surface area contributed by atoms with Crippen LogP contribution in [0.3, 0.4) is 0 Å². The number of hydrogen-bond donors (Lipinski definition) is 3. The first-order valence-corrected chi connectivity index (χ1v) is 6.93. The fourth-order valence-electron chi connectivity index (χ4n) is 2.50. The van der Waals surface area contributed by atoms with E-state index in [1.165, 1.54) is 0 Å². The van der Waals surface area contributed by atoms with E-state index in [-0.39, 0.29) is 30.2 Å². The quantitative estimate of drug-likeness (QED) is 0.497. The van der Waals surface area contributed by atoms with Crippen molar-refractivity contribution in [2.24, 2.45) is 5.92 Å². The predicted octanol–water partition coefficient (Wildman–Crippen LogP) is 0.836. The number of amides is 4. The molecule has 6 heteroatoms. The van der Waals surface area contributed by atoms with Gasteiger partial charge in [-0.25, -0.2) is 4.79 Å². The fourth-order valence-corrected chi connectivity index (χ4v) is 2.50. The van der Waals surface area contributed by atoms with E-state index in [4.69, 9.17) is 0 Å². The summed E-state index contributed by atoms with van der Waals surface area (Å²) in [6.45, 7) is 7.49. The highest BCUT2D eigenvalue weighted by Gasteiger charge is 2.55. The van der Waals surface area contributed by atoms with E-state index in [0.29, 0.717) is 6.42 Å². The van der Waals surface area contributed by atoms with Gasteiger partial charge in [-0.15, -0.1) is 0 Å². The summed E-state index contributed by atoms with van der Waals surface area (Å²) in [4.78, 5) is 35.2. The highest BCUT2D eigenvalue weighted by Crippen LogP contribution is 2.43. The molecule has 2 fully saturated rings. The van der Waals surface area contributed by atoms with E-state index in [1.807, 2.05) is 13.8 Å². The first-order valence-electron chi connectivity index (χ1n) is 6.93. The highest BCUT2D eigenvalue weighted by atomic mass is 16.2. The van der Waals surface area contributed by atoms with Crippen molar-refractivity contribution in [2.75, 3.05) is 0 Å². The Morgan fingerprint density at radius 3 is 2.60 bits per heavy atom. The molecule has 0 bridgehead atoms. The Morgan fingerprint density at radius 2 is 2.15 bits per heavy atom. The molecule has 1 aliphatic carbocycles. The van der Waals surface area contributed by atoms with Crippen LogP contribution in [0.5, 0.6) is 0 Å². The fraction of sp³-hybridized carbons (Fsp3) is 0.643. The molecule has 110 valence electrons. The third-order valence-corrected chi connectivity index (χ3v) is 4.11. The lowest BCUT2D eigenvalue weighted by Gasteiger charge is -2.26. The number of nitrogens with one attached hydrogen (secondary N) is 3. The maximum atomic E-state index is 12.0. The van der Waals surface area contributed by atoms with Crippen molar-refractivity contribution in [1.82, 2.24) is 16.0 Å². The molecule has 1 aliphatic heterocycles. The van der Waals surface area contributed by atoms with E-state index < -0.39 is 11.6 Å². The van der Waals surface area contributed by atoms with Gasteiger partial charge in [0.05, 0.1) is 0 Å². The topological polar surface area (TPSA) is 87.3 Å². The molecular formula is C14H21N3O3. The van der Waals surface area contributed by atoms with Crippen LogP contribution < -0.4 is 16.0 Å². The van der Waals surface area contributed by atoms with Crippen LogP contribution in [0, 0.1) is 5.92 Å². The Kier molecular flexibility index (Phi) is 3.83. The van der Waals surface area contributed by atoms with Crippen molar-refractivity contribution in [3.63, 3.8) is 0 Å². The average molecular weight is 279 g/mol. The minimum absolute atomic E-state index is 0.0913. The van der Waals surface area contributed by atoms with Gasteiger partial charge in [-0.3, -0.25) is 14.9 Å². The van der Waals surface area contributed by atoms with E-state index in [1.54, 1.807) is 0 Å². The molecule has 0 radical (unpaired) electrons. The Labute approximate surface area is 118 Å². The second-order valence-corrected chi connectivity index (χ2v) is 5.79. The third-order valence-electron chi connectivity index (χ3n) is 4.11. The van der Waals surface area contributed by atoms with Gasteiger partial charge >= 0.3 is 6.03 Å². The molecule has 4 amide bonds. The molecular weight excluding hydrogens is 258 g/mol. The number of carbonyl (C=O) groups is 3. The minimum Gasteiger partial charge on any atom is -0.350 e. The molecule has 0 aromatic carbocycles. The second-order valence-electron chi connectivity index (χ2n) is 5.79. The SMILES string of the molecule is C=C(C)C(C)NC(=O)CC[C@@]1(C2CC2)NC(=O)NC1=O. The molecule has 20 heavy (non-hydrogen) atoms. The lowest BCUT2D eigenvalue weighted by molar-refractivity contribution is -0.126. The Hall–Kier alpha value is -1.85. The first kappa shape index (κ1) is 14.6. The number of carbonyl (C=O) groups excluding carboxylic acids is 3. The third kappa shape index (κ3) is 2.84. The van der Waals surface area contributed by atoms with Gasteiger partial charge in [-0.05, 0) is 39.0 Å². The van der Waals surface area contributed by atoms with Crippen molar-refractivity contribution >= 4 is 17.8 Å². The lowest BCUT2D eigenvalue weighted by atomic mass is 9.88. The van der Waals surface area contributed by atoms with Crippen LogP contribution in [-0.4, -0.2) is 29.4 Å². The van der Waals surface area contributed by atoms with Crippen LogP contribution in [0.2, 0.25) is 0 Å². The van der Waals surface area contributed by atoms with Crippen LogP contribution >= 0.6 is 0 Å². The number of hydrogen-bond acceptors (Lipinski definition) is 3. The molecule has 1 heterocycles. The first-order chi connectivity index (χ1) is 9.35. The van der Waals surface area contributed by atoms with Gasteiger partial charge in [-0.2, -0.15) is 0 Å². The summed E-state index contributed by atoms with van der Waals surface area (Å²) in [5.41, 5.74) is -0.0110. The Bertz CT molecular complexity index is 470. The predicted molar refractivity (Wildman–Crippen MR) is 73.8 cm³/mol. The molecule has 1 saturated heterocycles. The summed E-state index contributed by atoms with van der Waals surface area (Å²) in [5.74, 6) is -0.277. The number of rotatable bonds is 6.